The summed E-state index contributed by atoms with van der Waals surface area (Å²) in [5.74, 6) is -3.63. The van der Waals surface area contributed by atoms with Crippen LogP contribution in [0.4, 0.5) is 11.4 Å². The van der Waals surface area contributed by atoms with Crippen molar-refractivity contribution in [2.24, 2.45) is 0 Å². The van der Waals surface area contributed by atoms with Crippen LogP contribution in [-0.4, -0.2) is 153 Å². The van der Waals surface area contributed by atoms with E-state index in [1.807, 2.05) is 118 Å². The molecule has 0 saturated carbocycles. The minimum atomic E-state index is -1.26. The zero-order valence-corrected chi connectivity index (χ0v) is 36.2. The van der Waals surface area contributed by atoms with Crippen molar-refractivity contribution >= 4 is 80.7 Å². The molecule has 0 spiro atoms. The molecule has 2 amide bonds. The van der Waals surface area contributed by atoms with E-state index >= 15 is 0 Å². The standard InChI is InChI=1S/C44H54N6O10S2/c1-32-5-12-38(18-11-34-9-16-37(17-10-34)48(22-26-53)23-27-54)50(32)29-42(56)46-40(44(59)60)31-62-61-30-39(43(57)58)45-41(55)28-49-19-3-2-4-35(49)13-6-33-7-14-36(15-8-33)47(20-24-51)21-25-52/h2-19,32,39-40,51-54H,20-31H2,1H3,(H2-2,45,46,55,56,57,58,59,60)/p+2. The molecule has 0 fully saturated rings. The molecule has 0 radical (unpaired) electrons. The largest absolute Gasteiger partial charge is 0.480 e. The van der Waals surface area contributed by atoms with Gasteiger partial charge in [0.2, 0.25) is 24.5 Å². The van der Waals surface area contributed by atoms with Gasteiger partial charge in [-0.15, -0.1) is 0 Å². The molecule has 0 saturated heterocycles. The van der Waals surface area contributed by atoms with Gasteiger partial charge < -0.3 is 51.1 Å². The van der Waals surface area contributed by atoms with Crippen LogP contribution in [0.1, 0.15) is 23.7 Å². The summed E-state index contributed by atoms with van der Waals surface area (Å²) >= 11 is 0. The number of carboxylic acids is 2. The number of carboxylic acid groups (broad SMARTS) is 2. The Hall–Kier alpha value is -5.50. The van der Waals surface area contributed by atoms with Crippen molar-refractivity contribution in [2.45, 2.75) is 31.6 Å². The van der Waals surface area contributed by atoms with Gasteiger partial charge in [0.05, 0.1) is 26.4 Å². The zero-order chi connectivity index (χ0) is 44.9. The molecule has 8 N–H and O–H groups in total. The molecule has 1 aliphatic heterocycles. The molecule has 0 aliphatic carbocycles. The molecule has 2 aromatic carbocycles. The summed E-state index contributed by atoms with van der Waals surface area (Å²) in [6.07, 6.45) is 13.0. The molecule has 2 heterocycles. The van der Waals surface area contributed by atoms with Crippen molar-refractivity contribution in [1.29, 1.82) is 0 Å². The van der Waals surface area contributed by atoms with Crippen molar-refractivity contribution in [3.8, 4) is 0 Å². The second-order valence-corrected chi connectivity index (χ2v) is 16.7. The lowest BCUT2D eigenvalue weighted by atomic mass is 10.1. The minimum absolute atomic E-state index is 0.0369. The Kier molecular flexibility index (Phi) is 20.7. The SMILES string of the molecule is CC1C=CC(/C=C/c2ccc(N(CCO)CCO)cc2)=[N+]1CC(=O)NC(CSSCC(NC(=O)C[n+]1ccccc1/C=C/c1ccc(N(CCO)CCO)cc1)C(=O)O)C(=O)O. The summed E-state index contributed by atoms with van der Waals surface area (Å²) in [5.41, 5.74) is 4.96. The fourth-order valence-electron chi connectivity index (χ4n) is 6.39. The highest BCUT2D eigenvalue weighted by molar-refractivity contribution is 8.76. The number of hydrogen-bond acceptors (Lipinski definition) is 12. The average molecular weight is 893 g/mol. The second kappa shape index (κ2) is 26.1. The quantitative estimate of drug-likeness (QED) is 0.0308. The number of nitrogens with one attached hydrogen (secondary N) is 2. The third-order valence-electron chi connectivity index (χ3n) is 9.68. The summed E-state index contributed by atoms with van der Waals surface area (Å²) < 4.78 is 3.52. The number of aliphatic carboxylic acids is 2. The Balaban J connectivity index is 1.27. The number of carbonyl (C=O) groups is 4. The lowest BCUT2D eigenvalue weighted by Gasteiger charge is -2.22. The van der Waals surface area contributed by atoms with Crippen molar-refractivity contribution in [1.82, 2.24) is 10.6 Å². The van der Waals surface area contributed by atoms with Gasteiger partial charge in [0.15, 0.2) is 12.2 Å². The fourth-order valence-corrected chi connectivity index (χ4v) is 8.70. The van der Waals surface area contributed by atoms with E-state index in [4.69, 9.17) is 0 Å². The molecule has 1 aromatic heterocycles. The summed E-state index contributed by atoms with van der Waals surface area (Å²) in [4.78, 5) is 54.1. The normalized spacial score (nSPS) is 14.6. The number of benzene rings is 2. The number of carbonyl (C=O) groups excluding carboxylic acids is 2. The van der Waals surface area contributed by atoms with Gasteiger partial charge in [0.1, 0.15) is 12.1 Å². The molecule has 18 heteroatoms. The number of pyridine rings is 1. The van der Waals surface area contributed by atoms with Crippen LogP contribution in [0.15, 0.2) is 91.2 Å². The highest BCUT2D eigenvalue weighted by Crippen LogP contribution is 2.23. The second-order valence-electron chi connectivity index (χ2n) is 14.1. The monoisotopic (exact) mass is 892 g/mol. The smallest absolute Gasteiger partial charge is 0.327 e. The van der Waals surface area contributed by atoms with Crippen LogP contribution in [0.25, 0.3) is 18.2 Å². The Morgan fingerprint density at radius 3 is 1.60 bits per heavy atom. The number of aliphatic hydroxyl groups excluding tert-OH is 4. The Bertz CT molecular complexity index is 2050. The topological polar surface area (TPSA) is 227 Å². The van der Waals surface area contributed by atoms with E-state index in [0.717, 1.165) is 49.8 Å². The number of rotatable bonds is 27. The minimum Gasteiger partial charge on any atom is -0.480 e. The van der Waals surface area contributed by atoms with E-state index < -0.39 is 35.8 Å². The summed E-state index contributed by atoms with van der Waals surface area (Å²) in [6.45, 7) is 3.09. The van der Waals surface area contributed by atoms with Crippen LogP contribution in [0.2, 0.25) is 0 Å². The van der Waals surface area contributed by atoms with E-state index in [9.17, 15) is 49.8 Å². The lowest BCUT2D eigenvalue weighted by molar-refractivity contribution is -0.686. The maximum atomic E-state index is 13.1. The van der Waals surface area contributed by atoms with Crippen molar-refractivity contribution in [3.63, 3.8) is 0 Å². The maximum absolute atomic E-state index is 13.1. The van der Waals surface area contributed by atoms with E-state index in [1.165, 1.54) is 0 Å². The van der Waals surface area contributed by atoms with Crippen LogP contribution >= 0.6 is 21.6 Å². The van der Waals surface area contributed by atoms with Gasteiger partial charge in [-0.2, -0.15) is 4.57 Å². The number of hydrogen-bond donors (Lipinski definition) is 8. The average Bonchev–Trinajstić information content (AvgIpc) is 3.60. The van der Waals surface area contributed by atoms with Gasteiger partial charge in [0, 0.05) is 86.3 Å². The highest BCUT2D eigenvalue weighted by atomic mass is 33.1. The molecule has 3 atom stereocenters. The number of amides is 2. The Morgan fingerprint density at radius 1 is 0.661 bits per heavy atom. The van der Waals surface area contributed by atoms with Crippen LogP contribution in [0.5, 0.6) is 0 Å². The lowest BCUT2D eigenvalue weighted by Crippen LogP contribution is -2.50. The third-order valence-corrected chi connectivity index (χ3v) is 12.1. The maximum Gasteiger partial charge on any atom is 0.327 e. The molecule has 4 rings (SSSR count). The third kappa shape index (κ3) is 15.8. The van der Waals surface area contributed by atoms with Gasteiger partial charge in [-0.1, -0.05) is 45.9 Å². The first-order valence-electron chi connectivity index (χ1n) is 20.0. The van der Waals surface area contributed by atoms with Crippen molar-refractivity contribution < 1.29 is 59.0 Å². The van der Waals surface area contributed by atoms with Crippen LogP contribution < -0.4 is 25.0 Å². The Morgan fingerprint density at radius 2 is 1.13 bits per heavy atom. The summed E-state index contributed by atoms with van der Waals surface area (Å²) in [6, 6.07) is 17.9. The highest BCUT2D eigenvalue weighted by Gasteiger charge is 2.29. The predicted molar refractivity (Wildman–Crippen MR) is 243 cm³/mol. The van der Waals surface area contributed by atoms with Crippen molar-refractivity contribution in [3.05, 3.63) is 108 Å². The molecule has 1 aliphatic rings. The van der Waals surface area contributed by atoms with E-state index in [2.05, 4.69) is 10.6 Å². The van der Waals surface area contributed by atoms with E-state index in [-0.39, 0.29) is 57.1 Å². The first-order chi connectivity index (χ1) is 30.0. The molecule has 332 valence electrons. The summed E-state index contributed by atoms with van der Waals surface area (Å²) in [5, 5.41) is 62.2. The number of allylic oxidation sites excluding steroid dienone is 2. The van der Waals surface area contributed by atoms with Crippen LogP contribution in [0.3, 0.4) is 0 Å². The number of aliphatic hydroxyl groups is 4. The van der Waals surface area contributed by atoms with Crippen molar-refractivity contribution in [2.75, 3.05) is 80.5 Å². The van der Waals surface area contributed by atoms with Gasteiger partial charge in [-0.25, -0.2) is 14.2 Å². The van der Waals surface area contributed by atoms with Gasteiger partial charge >= 0.3 is 11.9 Å². The number of aromatic nitrogens is 1. The van der Waals surface area contributed by atoms with E-state index in [1.54, 1.807) is 16.8 Å². The number of nitrogens with zero attached hydrogens (tertiary/aromatic N) is 4. The molecule has 3 aromatic rings. The van der Waals surface area contributed by atoms with E-state index in [0.29, 0.717) is 31.9 Å². The van der Waals surface area contributed by atoms with Gasteiger partial charge in [-0.3, -0.25) is 9.59 Å². The molecule has 0 bridgehead atoms. The van der Waals surface area contributed by atoms with Crippen LogP contribution in [-0.2, 0) is 25.7 Å². The first-order valence-corrected chi connectivity index (χ1v) is 22.5. The predicted octanol–water partition coefficient (Wildman–Crippen LogP) is 1.37. The molecular formula is C44H56N6O10S2+2. The van der Waals surface area contributed by atoms with Gasteiger partial charge in [-0.05, 0) is 59.7 Å². The Labute approximate surface area is 369 Å². The number of anilines is 2. The molecule has 3 unspecified atom stereocenters. The molecule has 62 heavy (non-hydrogen) atoms. The summed E-state index contributed by atoms with van der Waals surface area (Å²) in [7, 11) is 2.15. The fraction of sp³-hybridized carbons (Fsp3) is 0.364. The van der Waals surface area contributed by atoms with Crippen LogP contribution in [0, 0.1) is 0 Å². The van der Waals surface area contributed by atoms with Gasteiger partial charge in [0.25, 0.3) is 11.8 Å². The first kappa shape index (κ1) is 49.2. The molecular weight excluding hydrogens is 837 g/mol. The zero-order valence-electron chi connectivity index (χ0n) is 34.5. The molecule has 16 nitrogen and oxygen atoms in total.